The third kappa shape index (κ3) is 1.43. The van der Waals surface area contributed by atoms with E-state index in [1.165, 1.54) is 23.3 Å². The summed E-state index contributed by atoms with van der Waals surface area (Å²) >= 11 is 1.62. The van der Waals surface area contributed by atoms with Gasteiger partial charge in [-0.1, -0.05) is 5.16 Å². The Kier molecular flexibility index (Phi) is 2.04. The number of anilines is 1. The quantitative estimate of drug-likeness (QED) is 0.869. The van der Waals surface area contributed by atoms with E-state index in [0.29, 0.717) is 17.6 Å². The van der Waals surface area contributed by atoms with Crippen LogP contribution in [0.5, 0.6) is 0 Å². The molecule has 0 atom stereocenters. The summed E-state index contributed by atoms with van der Waals surface area (Å²) in [6, 6.07) is 0. The lowest BCUT2D eigenvalue weighted by Gasteiger charge is -1.99. The van der Waals surface area contributed by atoms with Crippen molar-refractivity contribution in [3.63, 3.8) is 0 Å². The largest absolute Gasteiger partial charge is 0.390 e. The zero-order chi connectivity index (χ0) is 11.3. The van der Waals surface area contributed by atoms with Crippen molar-refractivity contribution in [3.8, 4) is 11.5 Å². The molecule has 0 bridgehead atoms. The molecule has 3 rings (SSSR count). The van der Waals surface area contributed by atoms with Gasteiger partial charge in [-0.05, 0) is 38.2 Å². The van der Waals surface area contributed by atoms with Crippen LogP contribution in [0.2, 0.25) is 0 Å². The van der Waals surface area contributed by atoms with Gasteiger partial charge in [0.05, 0.1) is 10.6 Å². The lowest BCUT2D eigenvalue weighted by atomic mass is 10.1. The number of nitrogens with zero attached hydrogens (tertiary/aromatic N) is 2. The van der Waals surface area contributed by atoms with Crippen molar-refractivity contribution in [1.82, 2.24) is 10.1 Å². The van der Waals surface area contributed by atoms with E-state index in [1.54, 1.807) is 11.3 Å². The standard InChI is InChI=1S/C11H13N3OS/c1-5-8(7-3-4-7)9(10(12)16-5)11-13-6(2)14-15-11/h7H,3-4,12H2,1-2H3. The molecule has 1 saturated carbocycles. The van der Waals surface area contributed by atoms with Gasteiger partial charge in [-0.15, -0.1) is 11.3 Å². The first-order chi connectivity index (χ1) is 7.66. The van der Waals surface area contributed by atoms with Gasteiger partial charge in [0.1, 0.15) is 0 Å². The molecule has 84 valence electrons. The Balaban J connectivity index is 2.18. The minimum absolute atomic E-state index is 0.571. The van der Waals surface area contributed by atoms with E-state index in [2.05, 4.69) is 17.1 Å². The van der Waals surface area contributed by atoms with Gasteiger partial charge in [-0.3, -0.25) is 0 Å². The van der Waals surface area contributed by atoms with Crippen molar-refractivity contribution < 1.29 is 4.52 Å². The van der Waals surface area contributed by atoms with Gasteiger partial charge >= 0.3 is 0 Å². The van der Waals surface area contributed by atoms with Gasteiger partial charge in [-0.2, -0.15) is 4.98 Å². The third-order valence-electron chi connectivity index (χ3n) is 2.89. The molecule has 1 aliphatic rings. The summed E-state index contributed by atoms with van der Waals surface area (Å²) in [6.45, 7) is 3.93. The van der Waals surface area contributed by atoms with Crippen molar-refractivity contribution >= 4 is 16.3 Å². The van der Waals surface area contributed by atoms with Crippen LogP contribution in [0.4, 0.5) is 5.00 Å². The van der Waals surface area contributed by atoms with Crippen LogP contribution in [0.3, 0.4) is 0 Å². The van der Waals surface area contributed by atoms with Crippen LogP contribution >= 0.6 is 11.3 Å². The number of hydrogen-bond acceptors (Lipinski definition) is 5. The Bertz CT molecular complexity index is 539. The Hall–Kier alpha value is -1.36. The van der Waals surface area contributed by atoms with E-state index in [9.17, 15) is 0 Å². The third-order valence-corrected chi connectivity index (χ3v) is 3.84. The molecule has 2 heterocycles. The highest BCUT2D eigenvalue weighted by molar-refractivity contribution is 7.16. The molecule has 0 spiro atoms. The molecule has 4 nitrogen and oxygen atoms in total. The highest BCUT2D eigenvalue weighted by atomic mass is 32.1. The molecule has 2 N–H and O–H groups in total. The van der Waals surface area contributed by atoms with Crippen LogP contribution in [0.15, 0.2) is 4.52 Å². The fourth-order valence-corrected chi connectivity index (χ4v) is 3.07. The summed E-state index contributed by atoms with van der Waals surface area (Å²) in [6.07, 6.45) is 2.49. The Morgan fingerprint density at radius 1 is 1.38 bits per heavy atom. The molecule has 1 fully saturated rings. The maximum atomic E-state index is 6.04. The van der Waals surface area contributed by atoms with E-state index in [0.717, 1.165) is 10.6 Å². The molecular weight excluding hydrogens is 222 g/mol. The number of hydrogen-bond donors (Lipinski definition) is 1. The first-order valence-corrected chi connectivity index (χ1v) is 6.18. The molecule has 0 amide bonds. The average molecular weight is 235 g/mol. The Morgan fingerprint density at radius 3 is 2.69 bits per heavy atom. The number of nitrogen functional groups attached to an aromatic ring is 1. The van der Waals surface area contributed by atoms with Gasteiger partial charge in [0, 0.05) is 4.88 Å². The number of rotatable bonds is 2. The molecule has 5 heteroatoms. The number of thiophene rings is 1. The SMILES string of the molecule is Cc1noc(-c2c(N)sc(C)c2C2CC2)n1. The maximum absolute atomic E-state index is 6.04. The van der Waals surface area contributed by atoms with Crippen molar-refractivity contribution in [1.29, 1.82) is 0 Å². The topological polar surface area (TPSA) is 64.9 Å². The summed E-state index contributed by atoms with van der Waals surface area (Å²) in [5.41, 5.74) is 8.34. The fraction of sp³-hybridized carbons (Fsp3) is 0.455. The minimum atomic E-state index is 0.571. The number of nitrogens with two attached hydrogens (primary N) is 1. The first kappa shape index (κ1) is 9.84. The zero-order valence-electron chi connectivity index (χ0n) is 9.28. The Morgan fingerprint density at radius 2 is 2.12 bits per heavy atom. The monoisotopic (exact) mass is 235 g/mol. The summed E-state index contributed by atoms with van der Waals surface area (Å²) in [5.74, 6) is 1.87. The second-order valence-corrected chi connectivity index (χ2v) is 5.49. The van der Waals surface area contributed by atoms with Crippen molar-refractivity contribution in [2.24, 2.45) is 0 Å². The lowest BCUT2D eigenvalue weighted by molar-refractivity contribution is 0.425. The molecule has 1 aliphatic carbocycles. The van der Waals surface area contributed by atoms with Crippen LogP contribution in [0.1, 0.15) is 35.0 Å². The first-order valence-electron chi connectivity index (χ1n) is 5.36. The summed E-state index contributed by atoms with van der Waals surface area (Å²) < 4.78 is 5.23. The van der Waals surface area contributed by atoms with Gasteiger partial charge in [-0.25, -0.2) is 0 Å². The molecule has 2 aromatic heterocycles. The van der Waals surface area contributed by atoms with Crippen LogP contribution < -0.4 is 5.73 Å². The highest BCUT2D eigenvalue weighted by Gasteiger charge is 2.32. The minimum Gasteiger partial charge on any atom is -0.390 e. The van der Waals surface area contributed by atoms with Crippen molar-refractivity contribution in [2.75, 3.05) is 5.73 Å². The highest BCUT2D eigenvalue weighted by Crippen LogP contribution is 2.50. The summed E-state index contributed by atoms with van der Waals surface area (Å²) in [5, 5.41) is 4.62. The van der Waals surface area contributed by atoms with E-state index in [4.69, 9.17) is 10.3 Å². The second kappa shape index (κ2) is 3.31. The molecule has 0 aliphatic heterocycles. The molecule has 0 unspecified atom stereocenters. The van der Waals surface area contributed by atoms with Crippen LogP contribution in [0.25, 0.3) is 11.5 Å². The van der Waals surface area contributed by atoms with Crippen LogP contribution in [-0.2, 0) is 0 Å². The summed E-state index contributed by atoms with van der Waals surface area (Å²) in [7, 11) is 0. The molecule has 0 aromatic carbocycles. The van der Waals surface area contributed by atoms with Crippen molar-refractivity contribution in [3.05, 3.63) is 16.3 Å². The molecule has 0 saturated heterocycles. The number of aromatic nitrogens is 2. The van der Waals surface area contributed by atoms with Gasteiger partial charge in [0.2, 0.25) is 0 Å². The molecule has 2 aromatic rings. The van der Waals surface area contributed by atoms with E-state index < -0.39 is 0 Å². The number of aryl methyl sites for hydroxylation is 2. The lowest BCUT2D eigenvalue weighted by Crippen LogP contribution is -1.89. The molecular formula is C11H13N3OS. The maximum Gasteiger partial charge on any atom is 0.261 e. The molecule has 0 radical (unpaired) electrons. The van der Waals surface area contributed by atoms with Gasteiger partial charge < -0.3 is 10.3 Å². The zero-order valence-corrected chi connectivity index (χ0v) is 10.1. The van der Waals surface area contributed by atoms with Gasteiger partial charge in [0.25, 0.3) is 5.89 Å². The predicted molar refractivity (Wildman–Crippen MR) is 63.5 cm³/mol. The van der Waals surface area contributed by atoms with E-state index in [1.807, 2.05) is 6.92 Å². The molecule has 16 heavy (non-hydrogen) atoms. The van der Waals surface area contributed by atoms with Crippen LogP contribution in [0, 0.1) is 13.8 Å². The average Bonchev–Trinajstić information content (AvgIpc) is 2.90. The smallest absolute Gasteiger partial charge is 0.261 e. The Labute approximate surface area is 97.5 Å². The van der Waals surface area contributed by atoms with E-state index >= 15 is 0 Å². The normalized spacial score (nSPS) is 15.6. The van der Waals surface area contributed by atoms with Gasteiger partial charge in [0.15, 0.2) is 5.82 Å². The van der Waals surface area contributed by atoms with Crippen LogP contribution in [-0.4, -0.2) is 10.1 Å². The second-order valence-electron chi connectivity index (χ2n) is 4.23. The fourth-order valence-electron chi connectivity index (χ4n) is 2.06. The summed E-state index contributed by atoms with van der Waals surface area (Å²) in [4.78, 5) is 5.56. The predicted octanol–water partition coefficient (Wildman–Crippen LogP) is 2.87. The van der Waals surface area contributed by atoms with Crippen molar-refractivity contribution in [2.45, 2.75) is 32.6 Å². The van der Waals surface area contributed by atoms with E-state index in [-0.39, 0.29) is 0 Å².